The molecule has 0 bridgehead atoms. The van der Waals surface area contributed by atoms with Crippen LogP contribution in [0.2, 0.25) is 0 Å². The van der Waals surface area contributed by atoms with Crippen LogP contribution in [0.4, 0.5) is 0 Å². The number of hydrogen-bond acceptors (Lipinski definition) is 9. The standard InChI is InChI=1S/C38H33N5O4S/c44-23-25-10-12-27(13-11-25)35-20-30(24-48-38-39-18-5-19-40-38)46-37(47-35)28-16-14-26(15-17-28)31-7-2-1-6-29(31)21-42-36(45)34-22-41-32-8-3-4-9-33(32)43-34/h1-19,22,30,35,37,44H,20-21,23-24H2,(H,42,45). The zero-order valence-corrected chi connectivity index (χ0v) is 26.8. The van der Waals surface area contributed by atoms with Crippen LogP contribution in [0.5, 0.6) is 0 Å². The Morgan fingerprint density at radius 3 is 2.33 bits per heavy atom. The van der Waals surface area contributed by atoms with Crippen molar-refractivity contribution in [2.75, 3.05) is 5.75 Å². The first-order valence-electron chi connectivity index (χ1n) is 15.7. The molecule has 2 aromatic heterocycles. The molecule has 240 valence electrons. The summed E-state index contributed by atoms with van der Waals surface area (Å²) in [6, 6.07) is 33.3. The molecule has 4 aromatic carbocycles. The lowest BCUT2D eigenvalue weighted by atomic mass is 9.97. The summed E-state index contributed by atoms with van der Waals surface area (Å²) in [7, 11) is 0. The predicted molar refractivity (Wildman–Crippen MR) is 184 cm³/mol. The number of rotatable bonds is 10. The number of aliphatic hydroxyl groups is 1. The van der Waals surface area contributed by atoms with Crippen molar-refractivity contribution in [1.29, 1.82) is 0 Å². The Labute approximate surface area is 282 Å². The number of aliphatic hydroxyl groups excluding tert-OH is 1. The summed E-state index contributed by atoms with van der Waals surface area (Å²) in [4.78, 5) is 30.5. The topological polar surface area (TPSA) is 119 Å². The molecule has 3 heterocycles. The average molecular weight is 656 g/mol. The molecule has 1 fully saturated rings. The van der Waals surface area contributed by atoms with Gasteiger partial charge >= 0.3 is 0 Å². The first kappa shape index (κ1) is 31.6. The van der Waals surface area contributed by atoms with E-state index < -0.39 is 6.29 Å². The van der Waals surface area contributed by atoms with Crippen molar-refractivity contribution in [3.63, 3.8) is 0 Å². The van der Waals surface area contributed by atoms with Crippen molar-refractivity contribution >= 4 is 28.7 Å². The highest BCUT2D eigenvalue weighted by Gasteiger charge is 2.32. The Bertz CT molecular complexity index is 1990. The summed E-state index contributed by atoms with van der Waals surface area (Å²) in [5.41, 5.74) is 7.49. The van der Waals surface area contributed by atoms with Crippen LogP contribution in [0, 0.1) is 0 Å². The number of thioether (sulfide) groups is 1. The van der Waals surface area contributed by atoms with Crippen LogP contribution in [0.15, 0.2) is 127 Å². The molecule has 3 unspecified atom stereocenters. The second-order valence-corrected chi connectivity index (χ2v) is 12.4. The average Bonchev–Trinajstić information content (AvgIpc) is 3.16. The quantitative estimate of drug-likeness (QED) is 0.121. The summed E-state index contributed by atoms with van der Waals surface area (Å²) < 4.78 is 13.0. The van der Waals surface area contributed by atoms with Gasteiger partial charge in [0.2, 0.25) is 0 Å². The molecule has 6 aromatic rings. The van der Waals surface area contributed by atoms with E-state index in [4.69, 9.17) is 9.47 Å². The normalized spacial score (nSPS) is 17.6. The van der Waals surface area contributed by atoms with E-state index in [1.165, 1.54) is 6.20 Å². The molecule has 1 aliphatic heterocycles. The molecule has 48 heavy (non-hydrogen) atoms. The number of aromatic nitrogens is 4. The SMILES string of the molecule is O=C(NCc1ccccc1-c1ccc(C2OC(CSc3ncccn3)CC(c3ccc(CO)cc3)O2)cc1)c1cnc2ccccc2n1. The zero-order valence-electron chi connectivity index (χ0n) is 26.0. The number of amides is 1. The summed E-state index contributed by atoms with van der Waals surface area (Å²) in [5, 5.41) is 13.2. The molecule has 7 rings (SSSR count). The maximum Gasteiger partial charge on any atom is 0.271 e. The first-order chi connectivity index (χ1) is 23.6. The molecule has 0 aliphatic carbocycles. The smallest absolute Gasteiger partial charge is 0.271 e. The Balaban J connectivity index is 1.07. The van der Waals surface area contributed by atoms with Crippen LogP contribution in [0.25, 0.3) is 22.2 Å². The summed E-state index contributed by atoms with van der Waals surface area (Å²) in [5.74, 6) is 0.397. The molecule has 0 spiro atoms. The summed E-state index contributed by atoms with van der Waals surface area (Å²) in [6.45, 7) is 0.330. The number of carbonyl (C=O) groups excluding carboxylic acids is 1. The largest absolute Gasteiger partial charge is 0.392 e. The highest BCUT2D eigenvalue weighted by atomic mass is 32.2. The molecule has 2 N–H and O–H groups in total. The molecule has 0 radical (unpaired) electrons. The number of benzene rings is 4. The number of nitrogens with zero attached hydrogens (tertiary/aromatic N) is 4. The molecular formula is C38H33N5O4S. The molecule has 1 amide bonds. The van der Waals surface area contributed by atoms with E-state index in [0.717, 1.165) is 38.9 Å². The predicted octanol–water partition coefficient (Wildman–Crippen LogP) is 6.85. The highest BCUT2D eigenvalue weighted by molar-refractivity contribution is 7.99. The van der Waals surface area contributed by atoms with Gasteiger partial charge in [-0.2, -0.15) is 0 Å². The van der Waals surface area contributed by atoms with Gasteiger partial charge in [0.15, 0.2) is 11.4 Å². The Morgan fingerprint density at radius 2 is 1.54 bits per heavy atom. The number of ether oxygens (including phenoxy) is 2. The monoisotopic (exact) mass is 655 g/mol. The fourth-order valence-electron chi connectivity index (χ4n) is 5.66. The molecular weight excluding hydrogens is 623 g/mol. The Hall–Kier alpha value is -5.00. The van der Waals surface area contributed by atoms with Crippen LogP contribution in [0.3, 0.4) is 0 Å². The lowest BCUT2D eigenvalue weighted by molar-refractivity contribution is -0.245. The van der Waals surface area contributed by atoms with Crippen molar-refractivity contribution in [3.8, 4) is 11.1 Å². The van der Waals surface area contributed by atoms with Gasteiger partial charge in [-0.25, -0.2) is 15.0 Å². The molecule has 1 aliphatic rings. The second-order valence-electron chi connectivity index (χ2n) is 11.4. The van der Waals surface area contributed by atoms with E-state index in [1.807, 2.05) is 84.9 Å². The number of nitrogens with one attached hydrogen (secondary N) is 1. The van der Waals surface area contributed by atoms with Gasteiger partial charge < -0.3 is 19.9 Å². The molecule has 9 nitrogen and oxygen atoms in total. The van der Waals surface area contributed by atoms with Gasteiger partial charge in [0.25, 0.3) is 5.91 Å². The van der Waals surface area contributed by atoms with Gasteiger partial charge in [-0.15, -0.1) is 0 Å². The van der Waals surface area contributed by atoms with E-state index in [1.54, 1.807) is 30.2 Å². The minimum atomic E-state index is -0.574. The minimum Gasteiger partial charge on any atom is -0.392 e. The summed E-state index contributed by atoms with van der Waals surface area (Å²) >= 11 is 1.56. The van der Waals surface area contributed by atoms with Gasteiger partial charge in [-0.05, 0) is 46.0 Å². The minimum absolute atomic E-state index is 0.00509. The van der Waals surface area contributed by atoms with Gasteiger partial charge in [0, 0.05) is 36.7 Å². The number of hydrogen-bond donors (Lipinski definition) is 2. The fraction of sp³-hybridized carbons (Fsp3) is 0.184. The van der Waals surface area contributed by atoms with E-state index >= 15 is 0 Å². The number of carbonyl (C=O) groups is 1. The third-order valence-corrected chi connectivity index (χ3v) is 9.19. The Kier molecular flexibility index (Phi) is 9.76. The first-order valence-corrected chi connectivity index (χ1v) is 16.7. The van der Waals surface area contributed by atoms with E-state index in [-0.39, 0.29) is 30.4 Å². The van der Waals surface area contributed by atoms with Crippen molar-refractivity contribution in [2.45, 2.75) is 43.2 Å². The zero-order chi connectivity index (χ0) is 32.7. The second kappa shape index (κ2) is 14.8. The Morgan fingerprint density at radius 1 is 0.812 bits per heavy atom. The van der Waals surface area contributed by atoms with Crippen LogP contribution in [0.1, 0.15) is 51.6 Å². The van der Waals surface area contributed by atoms with Crippen molar-refractivity contribution < 1.29 is 19.4 Å². The maximum absolute atomic E-state index is 13.0. The van der Waals surface area contributed by atoms with Crippen LogP contribution < -0.4 is 5.32 Å². The highest BCUT2D eigenvalue weighted by Crippen LogP contribution is 2.39. The van der Waals surface area contributed by atoms with E-state index in [0.29, 0.717) is 29.4 Å². The van der Waals surface area contributed by atoms with Gasteiger partial charge in [-0.3, -0.25) is 9.78 Å². The number of para-hydroxylation sites is 2. The molecule has 1 saturated heterocycles. The third-order valence-electron chi connectivity index (χ3n) is 8.19. The molecule has 10 heteroatoms. The van der Waals surface area contributed by atoms with Crippen LogP contribution in [-0.4, -0.2) is 42.8 Å². The molecule has 3 atom stereocenters. The van der Waals surface area contributed by atoms with Gasteiger partial charge in [0.1, 0.15) is 5.69 Å². The van der Waals surface area contributed by atoms with Gasteiger partial charge in [0.05, 0.1) is 36.0 Å². The lowest BCUT2D eigenvalue weighted by Gasteiger charge is -2.36. The van der Waals surface area contributed by atoms with Crippen LogP contribution >= 0.6 is 11.8 Å². The van der Waals surface area contributed by atoms with Crippen LogP contribution in [-0.2, 0) is 22.6 Å². The fourth-order valence-corrected chi connectivity index (χ4v) is 6.48. The van der Waals surface area contributed by atoms with Crippen molar-refractivity contribution in [3.05, 3.63) is 150 Å². The third kappa shape index (κ3) is 7.42. The number of fused-ring (bicyclic) bond motifs is 1. The van der Waals surface area contributed by atoms with Crippen molar-refractivity contribution in [1.82, 2.24) is 25.3 Å². The molecule has 0 saturated carbocycles. The van der Waals surface area contributed by atoms with E-state index in [2.05, 4.69) is 37.4 Å². The maximum atomic E-state index is 13.0. The van der Waals surface area contributed by atoms with E-state index in [9.17, 15) is 9.90 Å². The van der Waals surface area contributed by atoms with Crippen molar-refractivity contribution in [2.24, 2.45) is 0 Å². The van der Waals surface area contributed by atoms with Gasteiger partial charge in [-0.1, -0.05) is 96.7 Å². The summed E-state index contributed by atoms with van der Waals surface area (Å²) in [6.07, 6.45) is 4.80. The lowest BCUT2D eigenvalue weighted by Crippen LogP contribution is -2.31.